The molecule has 0 saturated carbocycles. The van der Waals surface area contributed by atoms with Crippen molar-refractivity contribution in [2.45, 2.75) is 6.42 Å². The van der Waals surface area contributed by atoms with Gasteiger partial charge in [0.25, 0.3) is 0 Å². The molecule has 0 atom stereocenters. The maximum atomic E-state index is 2.92. The standard InChI is InChI=1S/C5H5/c1-2-4-5-3-1/h1-2,5H,3H2/q-1. The van der Waals surface area contributed by atoms with Gasteiger partial charge in [-0.3, -0.25) is 6.08 Å². The van der Waals surface area contributed by atoms with Crippen LogP contribution >= 0.6 is 0 Å². The van der Waals surface area contributed by atoms with Gasteiger partial charge in [-0.15, -0.1) is 6.42 Å². The van der Waals surface area contributed by atoms with Gasteiger partial charge in [-0.05, 0) is 0 Å². The summed E-state index contributed by atoms with van der Waals surface area (Å²) in [6.07, 6.45) is 10.0. The Hall–Kier alpha value is -0.520. The average Bonchev–Trinajstić information content (AvgIpc) is 1.76. The van der Waals surface area contributed by atoms with E-state index >= 15 is 0 Å². The number of hydrogen-bond acceptors (Lipinski definition) is 0. The fraction of sp³-hybridized carbons (Fsp3) is 0.200. The largest absolute Gasteiger partial charge is 0.256 e. The summed E-state index contributed by atoms with van der Waals surface area (Å²) in [5.74, 6) is 0. The molecule has 0 radical (unpaired) electrons. The van der Waals surface area contributed by atoms with Crippen LogP contribution in [0, 0.1) is 6.08 Å². The lowest BCUT2D eigenvalue weighted by Crippen LogP contribution is -1.37. The first-order valence-corrected chi connectivity index (χ1v) is 1.73. The molecule has 0 unspecified atom stereocenters. The van der Waals surface area contributed by atoms with Gasteiger partial charge in [0.15, 0.2) is 0 Å². The minimum Gasteiger partial charge on any atom is -0.256 e. The molecule has 0 nitrogen and oxygen atoms in total. The number of hydrogen-bond donors (Lipinski definition) is 0. The molecular weight excluding hydrogens is 60.1 g/mol. The van der Waals surface area contributed by atoms with E-state index in [1.54, 1.807) is 0 Å². The summed E-state index contributed by atoms with van der Waals surface area (Å²) in [7, 11) is 0. The highest BCUT2D eigenvalue weighted by atomic mass is 13.8. The Morgan fingerprint density at radius 2 is 2.60 bits per heavy atom. The lowest BCUT2D eigenvalue weighted by atomic mass is 10.5. The van der Waals surface area contributed by atoms with E-state index in [1.807, 2.05) is 12.2 Å². The van der Waals surface area contributed by atoms with Crippen LogP contribution in [0.25, 0.3) is 0 Å². The van der Waals surface area contributed by atoms with Crippen LogP contribution in [-0.2, 0) is 0 Å². The number of allylic oxidation sites excluding steroid dienone is 4. The zero-order chi connectivity index (χ0) is 3.54. The van der Waals surface area contributed by atoms with Crippen molar-refractivity contribution < 1.29 is 0 Å². The highest BCUT2D eigenvalue weighted by molar-refractivity contribution is 5.05. The van der Waals surface area contributed by atoms with Crippen LogP contribution in [0.1, 0.15) is 6.42 Å². The molecule has 0 amide bonds. The fourth-order valence-electron chi connectivity index (χ4n) is 0.340. The van der Waals surface area contributed by atoms with Gasteiger partial charge in [-0.2, -0.15) is 6.08 Å². The van der Waals surface area contributed by atoms with E-state index < -0.39 is 0 Å². The monoisotopic (exact) mass is 65.0 g/mol. The molecule has 0 heterocycles. The second kappa shape index (κ2) is 1.07. The van der Waals surface area contributed by atoms with Gasteiger partial charge in [0.1, 0.15) is 0 Å². The molecule has 0 bridgehead atoms. The van der Waals surface area contributed by atoms with Crippen molar-refractivity contribution >= 4 is 0 Å². The third-order valence-electron chi connectivity index (χ3n) is 0.586. The Kier molecular flexibility index (Phi) is 0.577. The minimum absolute atomic E-state index is 1.08. The smallest absolute Gasteiger partial charge is 0.100 e. The molecular formula is C5H5-. The van der Waals surface area contributed by atoms with Crippen LogP contribution in [-0.4, -0.2) is 0 Å². The van der Waals surface area contributed by atoms with E-state index in [0.717, 1.165) is 6.42 Å². The molecule has 0 aliphatic heterocycles. The minimum atomic E-state index is 1.08. The van der Waals surface area contributed by atoms with E-state index in [-0.39, 0.29) is 0 Å². The van der Waals surface area contributed by atoms with E-state index in [2.05, 4.69) is 12.2 Å². The van der Waals surface area contributed by atoms with E-state index in [0.29, 0.717) is 0 Å². The summed E-state index contributed by atoms with van der Waals surface area (Å²) in [6, 6.07) is 0. The van der Waals surface area contributed by atoms with Gasteiger partial charge >= 0.3 is 0 Å². The lowest BCUT2D eigenvalue weighted by Gasteiger charge is -1.68. The van der Waals surface area contributed by atoms with Crippen LogP contribution in [0.15, 0.2) is 18.2 Å². The third kappa shape index (κ3) is 0.380. The van der Waals surface area contributed by atoms with Crippen LogP contribution in [0.4, 0.5) is 0 Å². The molecule has 0 fully saturated rings. The van der Waals surface area contributed by atoms with Crippen molar-refractivity contribution in [3.05, 3.63) is 24.3 Å². The van der Waals surface area contributed by atoms with Crippen molar-refractivity contribution in [1.29, 1.82) is 0 Å². The summed E-state index contributed by atoms with van der Waals surface area (Å²) in [5, 5.41) is 0. The SMILES string of the molecule is [C-]1=CCC=C1. The molecule has 5 heavy (non-hydrogen) atoms. The first-order chi connectivity index (χ1) is 2.50. The van der Waals surface area contributed by atoms with Crippen LogP contribution in [0.3, 0.4) is 0 Å². The van der Waals surface area contributed by atoms with Crippen molar-refractivity contribution in [2.24, 2.45) is 0 Å². The molecule has 1 aliphatic rings. The zero-order valence-corrected chi connectivity index (χ0v) is 2.94. The Balaban J connectivity index is 2.61. The highest BCUT2D eigenvalue weighted by Crippen LogP contribution is 1.92. The zero-order valence-electron chi connectivity index (χ0n) is 2.94. The molecule has 0 saturated heterocycles. The van der Waals surface area contributed by atoms with Crippen LogP contribution in [0.2, 0.25) is 0 Å². The summed E-state index contributed by atoms with van der Waals surface area (Å²) < 4.78 is 0. The van der Waals surface area contributed by atoms with Crippen LogP contribution < -0.4 is 0 Å². The van der Waals surface area contributed by atoms with Crippen molar-refractivity contribution in [3.8, 4) is 0 Å². The second-order valence-electron chi connectivity index (χ2n) is 1.01. The summed E-state index contributed by atoms with van der Waals surface area (Å²) in [4.78, 5) is 0. The quantitative estimate of drug-likeness (QED) is 0.373. The average molecular weight is 65.1 g/mol. The van der Waals surface area contributed by atoms with Gasteiger partial charge in [0.2, 0.25) is 0 Å². The Morgan fingerprint density at radius 1 is 1.60 bits per heavy atom. The molecule has 0 aromatic heterocycles. The van der Waals surface area contributed by atoms with Crippen molar-refractivity contribution in [1.82, 2.24) is 0 Å². The van der Waals surface area contributed by atoms with Crippen molar-refractivity contribution in [3.63, 3.8) is 0 Å². The first kappa shape index (κ1) is 2.70. The van der Waals surface area contributed by atoms with E-state index in [1.165, 1.54) is 0 Å². The number of rotatable bonds is 0. The Labute approximate surface area is 31.8 Å². The fourth-order valence-corrected chi connectivity index (χ4v) is 0.340. The predicted molar refractivity (Wildman–Crippen MR) is 21.6 cm³/mol. The topological polar surface area (TPSA) is 0 Å². The van der Waals surface area contributed by atoms with Gasteiger partial charge in [-0.1, -0.05) is 0 Å². The Bertz CT molecular complexity index is 58.1. The maximum absolute atomic E-state index is 2.92. The molecule has 26 valence electrons. The van der Waals surface area contributed by atoms with Gasteiger partial charge in [-0.25, -0.2) is 12.2 Å². The molecule has 1 aliphatic carbocycles. The summed E-state index contributed by atoms with van der Waals surface area (Å²) in [5.41, 5.74) is 0. The predicted octanol–water partition coefficient (Wildman–Crippen LogP) is 1.31. The van der Waals surface area contributed by atoms with Crippen molar-refractivity contribution in [2.75, 3.05) is 0 Å². The second-order valence-corrected chi connectivity index (χ2v) is 1.01. The molecule has 0 aromatic carbocycles. The normalized spacial score (nSPS) is 17.6. The van der Waals surface area contributed by atoms with Crippen LogP contribution in [0.5, 0.6) is 0 Å². The van der Waals surface area contributed by atoms with Gasteiger partial charge in [0, 0.05) is 0 Å². The lowest BCUT2D eigenvalue weighted by molar-refractivity contribution is 1.45. The van der Waals surface area contributed by atoms with E-state index in [9.17, 15) is 0 Å². The highest BCUT2D eigenvalue weighted by Gasteiger charge is 1.58. The molecule has 0 N–H and O–H groups in total. The molecule has 1 rings (SSSR count). The molecule has 0 heteroatoms. The third-order valence-corrected chi connectivity index (χ3v) is 0.586. The maximum Gasteiger partial charge on any atom is -0.100 e. The van der Waals surface area contributed by atoms with Gasteiger partial charge < -0.3 is 0 Å². The molecule has 0 spiro atoms. The molecule has 0 aromatic rings. The first-order valence-electron chi connectivity index (χ1n) is 1.73. The Morgan fingerprint density at radius 3 is 2.80 bits per heavy atom. The van der Waals surface area contributed by atoms with E-state index in [4.69, 9.17) is 0 Å². The summed E-state index contributed by atoms with van der Waals surface area (Å²) in [6.45, 7) is 0. The summed E-state index contributed by atoms with van der Waals surface area (Å²) >= 11 is 0. The van der Waals surface area contributed by atoms with Gasteiger partial charge in [0.05, 0.1) is 0 Å².